The zero-order valence-corrected chi connectivity index (χ0v) is 13.3. The molecule has 6 heteroatoms. The van der Waals surface area contributed by atoms with Gasteiger partial charge in [0.1, 0.15) is 5.82 Å². The third kappa shape index (κ3) is 2.70. The number of nitrogens with one attached hydrogen (secondary N) is 1. The first-order chi connectivity index (χ1) is 9.59. The molecule has 2 rings (SSSR count). The van der Waals surface area contributed by atoms with Crippen LogP contribution in [0.5, 0.6) is 0 Å². The first-order valence-corrected chi connectivity index (χ1v) is 6.97. The van der Waals surface area contributed by atoms with Gasteiger partial charge < -0.3 is 14.6 Å². The standard InChI is InChI=1S/C15H21BFNO3/c1-9-7-10(8-11(17)12(9)13(19)18-6)16-20-14(2,3)15(4,5)21-16/h7-8H,1-6H3,(H,18,19). The molecule has 0 bridgehead atoms. The van der Waals surface area contributed by atoms with Crippen molar-refractivity contribution >= 4 is 18.5 Å². The first kappa shape index (κ1) is 16.0. The van der Waals surface area contributed by atoms with Gasteiger partial charge in [-0.1, -0.05) is 6.07 Å². The molecule has 0 atom stereocenters. The van der Waals surface area contributed by atoms with E-state index < -0.39 is 30.0 Å². The van der Waals surface area contributed by atoms with E-state index in [1.165, 1.54) is 13.1 Å². The summed E-state index contributed by atoms with van der Waals surface area (Å²) in [6.45, 7) is 9.46. The van der Waals surface area contributed by atoms with Crippen molar-refractivity contribution in [2.75, 3.05) is 7.05 Å². The van der Waals surface area contributed by atoms with E-state index in [2.05, 4.69) is 5.32 Å². The summed E-state index contributed by atoms with van der Waals surface area (Å²) in [5.41, 5.74) is 0.219. The third-order valence-corrected chi connectivity index (χ3v) is 4.29. The van der Waals surface area contributed by atoms with Gasteiger partial charge in [0.2, 0.25) is 0 Å². The van der Waals surface area contributed by atoms with Crippen molar-refractivity contribution in [2.24, 2.45) is 0 Å². The van der Waals surface area contributed by atoms with Gasteiger partial charge in [-0.25, -0.2) is 4.39 Å². The van der Waals surface area contributed by atoms with E-state index in [1.54, 1.807) is 13.0 Å². The van der Waals surface area contributed by atoms with Gasteiger partial charge in [-0.3, -0.25) is 4.79 Å². The second kappa shape index (κ2) is 5.11. The summed E-state index contributed by atoms with van der Waals surface area (Å²) in [6.07, 6.45) is 0. The van der Waals surface area contributed by atoms with Crippen LogP contribution in [0.15, 0.2) is 12.1 Å². The average Bonchev–Trinajstić information content (AvgIpc) is 2.57. The normalized spacial score (nSPS) is 19.7. The van der Waals surface area contributed by atoms with Crippen LogP contribution in [-0.4, -0.2) is 31.3 Å². The molecule has 1 saturated heterocycles. The molecule has 0 spiro atoms. The van der Waals surface area contributed by atoms with Crippen LogP contribution in [-0.2, 0) is 9.31 Å². The molecule has 0 radical (unpaired) electrons. The minimum Gasteiger partial charge on any atom is -0.399 e. The molecule has 0 saturated carbocycles. The van der Waals surface area contributed by atoms with Crippen molar-refractivity contribution in [3.05, 3.63) is 29.1 Å². The molecule has 21 heavy (non-hydrogen) atoms. The molecule has 1 aliphatic heterocycles. The Balaban J connectivity index is 2.38. The molecule has 1 aromatic rings. The predicted molar refractivity (Wildman–Crippen MR) is 80.2 cm³/mol. The molecule has 4 nitrogen and oxygen atoms in total. The summed E-state index contributed by atoms with van der Waals surface area (Å²) in [5, 5.41) is 2.44. The summed E-state index contributed by atoms with van der Waals surface area (Å²) >= 11 is 0. The molecule has 0 unspecified atom stereocenters. The molecule has 114 valence electrons. The van der Waals surface area contributed by atoms with Gasteiger partial charge in [0.05, 0.1) is 16.8 Å². The Morgan fingerprint density at radius 1 is 1.19 bits per heavy atom. The van der Waals surface area contributed by atoms with Crippen LogP contribution in [0.2, 0.25) is 0 Å². The highest BCUT2D eigenvalue weighted by atomic mass is 19.1. The Morgan fingerprint density at radius 3 is 2.14 bits per heavy atom. The van der Waals surface area contributed by atoms with Crippen molar-refractivity contribution in [3.8, 4) is 0 Å². The Labute approximate surface area is 125 Å². The molecule has 1 amide bonds. The lowest BCUT2D eigenvalue weighted by Crippen LogP contribution is -2.41. The lowest BCUT2D eigenvalue weighted by atomic mass is 9.77. The Hall–Kier alpha value is -1.40. The predicted octanol–water partition coefficient (Wildman–Crippen LogP) is 1.79. The highest BCUT2D eigenvalue weighted by molar-refractivity contribution is 6.62. The van der Waals surface area contributed by atoms with Crippen molar-refractivity contribution in [3.63, 3.8) is 0 Å². The van der Waals surface area contributed by atoms with Crippen molar-refractivity contribution in [1.82, 2.24) is 5.32 Å². The van der Waals surface area contributed by atoms with Gasteiger partial charge in [0, 0.05) is 7.05 Å². The summed E-state index contributed by atoms with van der Waals surface area (Å²) in [6, 6.07) is 3.04. The van der Waals surface area contributed by atoms with E-state index in [1.807, 2.05) is 27.7 Å². The van der Waals surface area contributed by atoms with Gasteiger partial charge >= 0.3 is 7.12 Å². The number of amides is 1. The summed E-state index contributed by atoms with van der Waals surface area (Å²) in [4.78, 5) is 11.7. The highest BCUT2D eigenvalue weighted by Crippen LogP contribution is 2.36. The van der Waals surface area contributed by atoms with Crippen LogP contribution >= 0.6 is 0 Å². The molecule has 0 aromatic heterocycles. The number of halogens is 1. The molecular weight excluding hydrogens is 272 g/mol. The highest BCUT2D eigenvalue weighted by Gasteiger charge is 2.51. The SMILES string of the molecule is CNC(=O)c1c(C)cc(B2OC(C)(C)C(C)(C)O2)cc1F. The third-order valence-electron chi connectivity index (χ3n) is 4.29. The maximum absolute atomic E-state index is 14.2. The van der Waals surface area contributed by atoms with Crippen LogP contribution in [0, 0.1) is 12.7 Å². The smallest absolute Gasteiger partial charge is 0.399 e. The summed E-state index contributed by atoms with van der Waals surface area (Å²) in [5.74, 6) is -1.01. The number of carbonyl (C=O) groups is 1. The van der Waals surface area contributed by atoms with E-state index in [4.69, 9.17) is 9.31 Å². The molecule has 0 aliphatic carbocycles. The van der Waals surface area contributed by atoms with E-state index in [0.717, 1.165) is 0 Å². The zero-order chi connectivity index (χ0) is 16.0. The quantitative estimate of drug-likeness (QED) is 0.846. The summed E-state index contributed by atoms with van der Waals surface area (Å²) in [7, 11) is 0.838. The Bertz CT molecular complexity index is 547. The Kier molecular flexibility index (Phi) is 3.89. The molecular formula is C15H21BFNO3. The first-order valence-electron chi connectivity index (χ1n) is 6.97. The number of rotatable bonds is 2. The van der Waals surface area contributed by atoms with Crippen LogP contribution in [0.25, 0.3) is 0 Å². The van der Waals surface area contributed by atoms with Crippen molar-refractivity contribution in [2.45, 2.75) is 45.8 Å². The van der Waals surface area contributed by atoms with Gasteiger partial charge in [0.15, 0.2) is 0 Å². The van der Waals surface area contributed by atoms with Gasteiger partial charge in [-0.2, -0.15) is 0 Å². The largest absolute Gasteiger partial charge is 0.494 e. The lowest BCUT2D eigenvalue weighted by molar-refractivity contribution is 0.00578. The number of benzene rings is 1. The number of hydrogen-bond donors (Lipinski definition) is 1. The van der Waals surface area contributed by atoms with E-state index in [0.29, 0.717) is 11.0 Å². The van der Waals surface area contributed by atoms with Crippen LogP contribution in [0.1, 0.15) is 43.6 Å². The molecule has 1 heterocycles. The van der Waals surface area contributed by atoms with Gasteiger partial charge in [-0.15, -0.1) is 0 Å². The Morgan fingerprint density at radius 2 is 1.71 bits per heavy atom. The fourth-order valence-corrected chi connectivity index (χ4v) is 2.30. The van der Waals surface area contributed by atoms with Crippen LogP contribution in [0.3, 0.4) is 0 Å². The molecule has 1 aromatic carbocycles. The van der Waals surface area contributed by atoms with E-state index in [-0.39, 0.29) is 5.56 Å². The fourth-order valence-electron chi connectivity index (χ4n) is 2.30. The second-order valence-electron chi connectivity index (χ2n) is 6.36. The zero-order valence-electron chi connectivity index (χ0n) is 13.3. The number of aryl methyl sites for hydroxylation is 1. The van der Waals surface area contributed by atoms with Crippen molar-refractivity contribution in [1.29, 1.82) is 0 Å². The average molecular weight is 293 g/mol. The number of hydrogen-bond acceptors (Lipinski definition) is 3. The minimum atomic E-state index is -0.637. The van der Waals surface area contributed by atoms with Crippen molar-refractivity contribution < 1.29 is 18.5 Å². The number of carbonyl (C=O) groups excluding carboxylic acids is 1. The topological polar surface area (TPSA) is 47.6 Å². The lowest BCUT2D eigenvalue weighted by Gasteiger charge is -2.32. The van der Waals surface area contributed by atoms with Crippen LogP contribution < -0.4 is 10.8 Å². The maximum Gasteiger partial charge on any atom is 0.494 e. The minimum absolute atomic E-state index is 0.0535. The summed E-state index contributed by atoms with van der Waals surface area (Å²) < 4.78 is 26.0. The second-order valence-corrected chi connectivity index (χ2v) is 6.36. The fraction of sp³-hybridized carbons (Fsp3) is 0.533. The van der Waals surface area contributed by atoms with E-state index >= 15 is 0 Å². The van der Waals surface area contributed by atoms with Gasteiger partial charge in [0.25, 0.3) is 5.91 Å². The van der Waals surface area contributed by atoms with Crippen LogP contribution in [0.4, 0.5) is 4.39 Å². The monoisotopic (exact) mass is 293 g/mol. The molecule has 1 aliphatic rings. The molecule has 1 N–H and O–H groups in total. The molecule has 1 fully saturated rings. The maximum atomic E-state index is 14.2. The van der Waals surface area contributed by atoms with Gasteiger partial charge in [-0.05, 0) is 51.7 Å². The van der Waals surface area contributed by atoms with E-state index in [9.17, 15) is 9.18 Å².